The second-order valence-corrected chi connectivity index (χ2v) is 8.64. The number of ketones is 1. The standard InChI is InChI=1S/C27H18ClFN2O3S/c1-33-26-13-17(2-11-25(26)34-15-24(32)19-3-7-21(28)8-4-19)12-20(14-30)27-31-23(16-35-27)18-5-9-22(29)10-6-18/h2-13,16H,15H2,1H3. The van der Waals surface area contributed by atoms with Crippen LogP contribution in [0.1, 0.15) is 20.9 Å². The van der Waals surface area contributed by atoms with E-state index in [1.807, 2.05) is 5.38 Å². The van der Waals surface area contributed by atoms with Gasteiger partial charge in [-0.25, -0.2) is 9.37 Å². The molecule has 0 unspecified atom stereocenters. The highest BCUT2D eigenvalue weighted by Crippen LogP contribution is 2.31. The lowest BCUT2D eigenvalue weighted by Gasteiger charge is -2.11. The van der Waals surface area contributed by atoms with Gasteiger partial charge in [0.25, 0.3) is 0 Å². The molecule has 35 heavy (non-hydrogen) atoms. The number of hydrogen-bond donors (Lipinski definition) is 0. The third kappa shape index (κ3) is 5.93. The van der Waals surface area contributed by atoms with Crippen molar-refractivity contribution in [3.05, 3.63) is 99.1 Å². The predicted molar refractivity (Wildman–Crippen MR) is 135 cm³/mol. The van der Waals surface area contributed by atoms with Crippen molar-refractivity contribution in [3.8, 4) is 28.8 Å². The lowest BCUT2D eigenvalue weighted by molar-refractivity contribution is 0.0919. The Labute approximate surface area is 210 Å². The molecule has 0 aliphatic heterocycles. The Bertz CT molecular complexity index is 1420. The van der Waals surface area contributed by atoms with Crippen molar-refractivity contribution in [2.45, 2.75) is 0 Å². The molecule has 0 saturated heterocycles. The van der Waals surface area contributed by atoms with Crippen LogP contribution in [0.25, 0.3) is 22.9 Å². The maximum Gasteiger partial charge on any atom is 0.200 e. The van der Waals surface area contributed by atoms with E-state index in [0.29, 0.717) is 43.9 Å². The molecule has 0 fully saturated rings. The maximum atomic E-state index is 13.2. The second kappa shape index (κ2) is 11.0. The first-order valence-electron chi connectivity index (χ1n) is 10.4. The Morgan fingerprint density at radius 2 is 1.86 bits per heavy atom. The van der Waals surface area contributed by atoms with Gasteiger partial charge in [-0.1, -0.05) is 17.7 Å². The first kappa shape index (κ1) is 24.1. The van der Waals surface area contributed by atoms with Crippen molar-refractivity contribution in [1.29, 1.82) is 5.26 Å². The summed E-state index contributed by atoms with van der Waals surface area (Å²) in [6.07, 6.45) is 1.69. The second-order valence-electron chi connectivity index (χ2n) is 7.34. The largest absolute Gasteiger partial charge is 0.493 e. The van der Waals surface area contributed by atoms with Crippen molar-refractivity contribution in [3.63, 3.8) is 0 Å². The summed E-state index contributed by atoms with van der Waals surface area (Å²) in [5.74, 6) is 0.308. The molecule has 4 rings (SSSR count). The number of carbonyl (C=O) groups is 1. The summed E-state index contributed by atoms with van der Waals surface area (Å²) in [7, 11) is 1.50. The van der Waals surface area contributed by atoms with E-state index in [0.717, 1.165) is 5.56 Å². The van der Waals surface area contributed by atoms with Crippen molar-refractivity contribution in [2.24, 2.45) is 0 Å². The van der Waals surface area contributed by atoms with Gasteiger partial charge in [-0.3, -0.25) is 4.79 Å². The molecule has 0 saturated carbocycles. The number of thiazole rings is 1. The number of benzene rings is 3. The smallest absolute Gasteiger partial charge is 0.200 e. The van der Waals surface area contributed by atoms with E-state index in [9.17, 15) is 14.4 Å². The van der Waals surface area contributed by atoms with Crippen LogP contribution in [0.2, 0.25) is 5.02 Å². The highest BCUT2D eigenvalue weighted by atomic mass is 35.5. The number of aromatic nitrogens is 1. The van der Waals surface area contributed by atoms with Crippen molar-refractivity contribution in [2.75, 3.05) is 13.7 Å². The minimum absolute atomic E-state index is 0.165. The zero-order valence-corrected chi connectivity index (χ0v) is 20.1. The number of ether oxygens (including phenoxy) is 2. The van der Waals surface area contributed by atoms with E-state index in [4.69, 9.17) is 21.1 Å². The lowest BCUT2D eigenvalue weighted by atomic mass is 10.1. The van der Waals surface area contributed by atoms with Crippen LogP contribution in [-0.4, -0.2) is 24.5 Å². The van der Waals surface area contributed by atoms with E-state index in [1.54, 1.807) is 60.7 Å². The Hall–Kier alpha value is -3.99. The molecule has 1 aromatic heterocycles. The fraction of sp³-hybridized carbons (Fsp3) is 0.0741. The van der Waals surface area contributed by atoms with Gasteiger partial charge in [0.1, 0.15) is 16.9 Å². The van der Waals surface area contributed by atoms with Gasteiger partial charge in [0, 0.05) is 21.5 Å². The number of carbonyl (C=O) groups excluding carboxylic acids is 1. The number of hydrogen-bond acceptors (Lipinski definition) is 6. The van der Waals surface area contributed by atoms with Gasteiger partial charge in [0.15, 0.2) is 23.9 Å². The Balaban J connectivity index is 1.51. The summed E-state index contributed by atoms with van der Waals surface area (Å²) >= 11 is 7.19. The molecule has 3 aromatic carbocycles. The summed E-state index contributed by atoms with van der Waals surface area (Å²) in [5.41, 5.74) is 3.00. The summed E-state index contributed by atoms with van der Waals surface area (Å²) in [6, 6.07) is 19.9. The highest BCUT2D eigenvalue weighted by Gasteiger charge is 2.13. The molecule has 174 valence electrons. The number of halogens is 2. The molecule has 5 nitrogen and oxygen atoms in total. The van der Waals surface area contributed by atoms with Gasteiger partial charge in [-0.15, -0.1) is 11.3 Å². The van der Waals surface area contributed by atoms with Crippen LogP contribution in [0.4, 0.5) is 4.39 Å². The van der Waals surface area contributed by atoms with Crippen LogP contribution in [0.15, 0.2) is 72.1 Å². The van der Waals surface area contributed by atoms with Gasteiger partial charge in [0.2, 0.25) is 0 Å². The van der Waals surface area contributed by atoms with Crippen LogP contribution >= 0.6 is 22.9 Å². The first-order chi connectivity index (χ1) is 17.0. The molecular weight excluding hydrogens is 487 g/mol. The molecule has 0 atom stereocenters. The fourth-order valence-electron chi connectivity index (χ4n) is 3.21. The van der Waals surface area contributed by atoms with Crippen LogP contribution in [0.5, 0.6) is 11.5 Å². The lowest BCUT2D eigenvalue weighted by Crippen LogP contribution is -2.12. The number of Topliss-reactive ketones (excluding diaryl/α,β-unsaturated/α-hetero) is 1. The number of nitrogens with zero attached hydrogens (tertiary/aromatic N) is 2. The molecule has 0 N–H and O–H groups in total. The molecule has 4 aromatic rings. The summed E-state index contributed by atoms with van der Waals surface area (Å²) in [4.78, 5) is 16.9. The summed E-state index contributed by atoms with van der Waals surface area (Å²) in [5, 5.41) is 12.6. The third-order valence-electron chi connectivity index (χ3n) is 5.02. The van der Waals surface area contributed by atoms with Crippen LogP contribution < -0.4 is 9.47 Å². The Kier molecular flexibility index (Phi) is 7.56. The molecule has 0 aliphatic carbocycles. The van der Waals surface area contributed by atoms with Crippen molar-refractivity contribution < 1.29 is 18.7 Å². The third-order valence-corrected chi connectivity index (χ3v) is 6.15. The minimum Gasteiger partial charge on any atom is -0.493 e. The summed E-state index contributed by atoms with van der Waals surface area (Å²) < 4.78 is 24.3. The fourth-order valence-corrected chi connectivity index (χ4v) is 4.14. The highest BCUT2D eigenvalue weighted by molar-refractivity contribution is 7.11. The Morgan fingerprint density at radius 1 is 1.11 bits per heavy atom. The zero-order chi connectivity index (χ0) is 24.8. The van der Waals surface area contributed by atoms with Gasteiger partial charge < -0.3 is 9.47 Å². The van der Waals surface area contributed by atoms with Gasteiger partial charge >= 0.3 is 0 Å². The monoisotopic (exact) mass is 504 g/mol. The molecule has 1 heterocycles. The van der Waals surface area contributed by atoms with Gasteiger partial charge in [-0.05, 0) is 72.3 Å². The SMILES string of the molecule is COc1cc(C=C(C#N)c2nc(-c3ccc(F)cc3)cs2)ccc1OCC(=O)c1ccc(Cl)cc1. The van der Waals surface area contributed by atoms with Gasteiger partial charge in [-0.2, -0.15) is 5.26 Å². The molecular formula is C27H18ClFN2O3S. The van der Waals surface area contributed by atoms with E-state index in [1.165, 1.54) is 30.6 Å². The number of allylic oxidation sites excluding steroid dienone is 1. The zero-order valence-electron chi connectivity index (χ0n) is 18.5. The van der Waals surface area contributed by atoms with E-state index < -0.39 is 0 Å². The van der Waals surface area contributed by atoms with Crippen LogP contribution in [0.3, 0.4) is 0 Å². The van der Waals surface area contributed by atoms with E-state index in [2.05, 4.69) is 11.1 Å². The number of nitriles is 1. The molecule has 8 heteroatoms. The normalized spacial score (nSPS) is 11.1. The van der Waals surface area contributed by atoms with Gasteiger partial charge in [0.05, 0.1) is 18.4 Å². The minimum atomic E-state index is -0.322. The van der Waals surface area contributed by atoms with Crippen LogP contribution in [-0.2, 0) is 0 Å². The average Bonchev–Trinajstić information content (AvgIpc) is 3.37. The topological polar surface area (TPSA) is 72.2 Å². The predicted octanol–water partition coefficient (Wildman–Crippen LogP) is 6.94. The quantitative estimate of drug-likeness (QED) is 0.192. The molecule has 0 spiro atoms. The molecule has 0 bridgehead atoms. The Morgan fingerprint density at radius 3 is 2.54 bits per heavy atom. The molecule has 0 radical (unpaired) electrons. The van der Waals surface area contributed by atoms with Crippen LogP contribution in [0, 0.1) is 17.1 Å². The van der Waals surface area contributed by atoms with Crippen molar-refractivity contribution in [1.82, 2.24) is 4.98 Å². The first-order valence-corrected chi connectivity index (χ1v) is 11.7. The molecule has 0 aliphatic rings. The number of methoxy groups -OCH3 is 1. The van der Waals surface area contributed by atoms with Crippen molar-refractivity contribution >= 4 is 40.4 Å². The molecule has 0 amide bonds. The van der Waals surface area contributed by atoms with E-state index >= 15 is 0 Å². The number of rotatable bonds is 8. The van der Waals surface area contributed by atoms with E-state index in [-0.39, 0.29) is 18.2 Å². The summed E-state index contributed by atoms with van der Waals surface area (Å²) in [6.45, 7) is -0.165. The average molecular weight is 505 g/mol. The maximum absolute atomic E-state index is 13.2.